The van der Waals surface area contributed by atoms with E-state index < -0.39 is 12.1 Å². The summed E-state index contributed by atoms with van der Waals surface area (Å²) in [6, 6.07) is 23.3. The molecule has 2 aliphatic rings. The molecular formula is C27H25ClN2O3. The quantitative estimate of drug-likeness (QED) is 0.556. The molecule has 0 unspecified atom stereocenters. The lowest BCUT2D eigenvalue weighted by atomic mass is 9.98. The highest BCUT2D eigenvalue weighted by Gasteiger charge is 2.36. The minimum absolute atomic E-state index is 0.00105. The Kier molecular flexibility index (Phi) is 6.05. The molecule has 6 heteroatoms. The molecule has 2 amide bonds. The van der Waals surface area contributed by atoms with Crippen LogP contribution in [-0.2, 0) is 16.1 Å². The summed E-state index contributed by atoms with van der Waals surface area (Å²) in [6.45, 7) is 1.17. The molecular weight excluding hydrogens is 436 g/mol. The fraction of sp³-hybridized carbons (Fsp3) is 0.259. The Balaban J connectivity index is 1.22. The van der Waals surface area contributed by atoms with Crippen LogP contribution in [0.5, 0.6) is 0 Å². The predicted octanol–water partition coefficient (Wildman–Crippen LogP) is 5.37. The first-order chi connectivity index (χ1) is 16.1. The molecule has 0 spiro atoms. The van der Waals surface area contributed by atoms with Gasteiger partial charge in [-0.3, -0.25) is 9.69 Å². The SMILES string of the molecule is O=C(NCc1ccc(Cl)cc1)[C@@H]1CCCN1C(=O)OCC1c2ccccc2-c2ccccc21. The maximum atomic E-state index is 13.0. The third-order valence-corrected chi connectivity index (χ3v) is 6.76. The van der Waals surface area contributed by atoms with Crippen molar-refractivity contribution >= 4 is 23.6 Å². The predicted molar refractivity (Wildman–Crippen MR) is 128 cm³/mol. The van der Waals surface area contributed by atoms with Crippen molar-refractivity contribution in [3.05, 3.63) is 94.5 Å². The zero-order valence-electron chi connectivity index (χ0n) is 18.2. The Morgan fingerprint density at radius 3 is 2.24 bits per heavy atom. The highest BCUT2D eigenvalue weighted by atomic mass is 35.5. The van der Waals surface area contributed by atoms with Crippen LogP contribution >= 0.6 is 11.6 Å². The summed E-state index contributed by atoms with van der Waals surface area (Å²) in [5, 5.41) is 3.59. The number of carbonyl (C=O) groups is 2. The first-order valence-corrected chi connectivity index (χ1v) is 11.6. The Morgan fingerprint density at radius 2 is 1.58 bits per heavy atom. The van der Waals surface area contributed by atoms with Crippen molar-refractivity contribution in [1.82, 2.24) is 10.2 Å². The third-order valence-electron chi connectivity index (χ3n) is 6.51. The standard InChI is InChI=1S/C27H25ClN2O3/c28-19-13-11-18(12-14-19)16-29-26(31)25-10-5-15-30(25)27(32)33-17-24-22-8-3-1-6-20(22)21-7-2-4-9-23(21)24/h1-4,6-9,11-14,24-25H,5,10,15-17H2,(H,29,31)/t25-/m0/s1. The second-order valence-corrected chi connectivity index (χ2v) is 8.94. The number of halogens is 1. The van der Waals surface area contributed by atoms with Gasteiger partial charge in [0, 0.05) is 24.0 Å². The molecule has 1 aliphatic heterocycles. The summed E-state index contributed by atoms with van der Waals surface area (Å²) in [6.07, 6.45) is 0.987. The zero-order valence-corrected chi connectivity index (χ0v) is 18.9. The topological polar surface area (TPSA) is 58.6 Å². The van der Waals surface area contributed by atoms with Gasteiger partial charge < -0.3 is 10.1 Å². The largest absolute Gasteiger partial charge is 0.448 e. The second-order valence-electron chi connectivity index (χ2n) is 8.50. The Morgan fingerprint density at radius 1 is 0.939 bits per heavy atom. The molecule has 33 heavy (non-hydrogen) atoms. The smallest absolute Gasteiger partial charge is 0.410 e. The van der Waals surface area contributed by atoms with Crippen LogP contribution in [-0.4, -0.2) is 36.1 Å². The maximum Gasteiger partial charge on any atom is 0.410 e. The minimum Gasteiger partial charge on any atom is -0.448 e. The minimum atomic E-state index is -0.507. The number of likely N-dealkylation sites (tertiary alicyclic amines) is 1. The molecule has 1 saturated heterocycles. The molecule has 1 atom stereocenters. The van der Waals surface area contributed by atoms with Crippen LogP contribution in [0.25, 0.3) is 11.1 Å². The van der Waals surface area contributed by atoms with Crippen LogP contribution in [0.15, 0.2) is 72.8 Å². The summed E-state index contributed by atoms with van der Waals surface area (Å²) in [4.78, 5) is 27.3. The number of nitrogens with one attached hydrogen (secondary N) is 1. The van der Waals surface area contributed by atoms with Crippen molar-refractivity contribution in [3.8, 4) is 11.1 Å². The summed E-state index contributed by atoms with van der Waals surface area (Å²) < 4.78 is 5.77. The Bertz CT molecular complexity index is 1130. The van der Waals surface area contributed by atoms with Gasteiger partial charge in [-0.15, -0.1) is 0 Å². The van der Waals surface area contributed by atoms with Gasteiger partial charge in [0.2, 0.25) is 5.91 Å². The fourth-order valence-corrected chi connectivity index (χ4v) is 4.97. The normalized spacial score (nSPS) is 16.9. The first-order valence-electron chi connectivity index (χ1n) is 11.3. The van der Waals surface area contributed by atoms with Crippen molar-refractivity contribution in [1.29, 1.82) is 0 Å². The van der Waals surface area contributed by atoms with E-state index in [-0.39, 0.29) is 18.4 Å². The molecule has 1 aliphatic carbocycles. The van der Waals surface area contributed by atoms with Crippen LogP contribution in [0, 0.1) is 0 Å². The van der Waals surface area contributed by atoms with Crippen molar-refractivity contribution < 1.29 is 14.3 Å². The monoisotopic (exact) mass is 460 g/mol. The maximum absolute atomic E-state index is 13.0. The van der Waals surface area contributed by atoms with Gasteiger partial charge in [0.1, 0.15) is 12.6 Å². The Hall–Kier alpha value is -3.31. The zero-order chi connectivity index (χ0) is 22.8. The van der Waals surface area contributed by atoms with Crippen LogP contribution in [0.1, 0.15) is 35.4 Å². The molecule has 5 rings (SSSR count). The number of ether oxygens (including phenoxy) is 1. The van der Waals surface area contributed by atoms with Crippen LogP contribution in [0.3, 0.4) is 0 Å². The number of hydrogen-bond donors (Lipinski definition) is 1. The molecule has 0 saturated carbocycles. The van der Waals surface area contributed by atoms with Crippen molar-refractivity contribution in [2.24, 2.45) is 0 Å². The van der Waals surface area contributed by atoms with E-state index in [0.717, 1.165) is 12.0 Å². The fourth-order valence-electron chi connectivity index (χ4n) is 4.84. The molecule has 0 aromatic heterocycles. The lowest BCUT2D eigenvalue weighted by Crippen LogP contribution is -2.46. The number of carbonyl (C=O) groups excluding carboxylic acids is 2. The number of nitrogens with zero attached hydrogens (tertiary/aromatic N) is 1. The van der Waals surface area contributed by atoms with E-state index in [1.165, 1.54) is 22.3 Å². The van der Waals surface area contributed by atoms with Crippen LogP contribution in [0.4, 0.5) is 4.79 Å². The third kappa shape index (κ3) is 4.33. The van der Waals surface area contributed by atoms with Crippen LogP contribution < -0.4 is 5.32 Å². The summed E-state index contributed by atoms with van der Waals surface area (Å²) in [5.41, 5.74) is 5.68. The summed E-state index contributed by atoms with van der Waals surface area (Å²) in [5.74, 6) is -0.155. The number of hydrogen-bond acceptors (Lipinski definition) is 3. The molecule has 168 valence electrons. The van der Waals surface area contributed by atoms with Gasteiger partial charge in [-0.05, 0) is 52.8 Å². The van der Waals surface area contributed by atoms with Crippen molar-refractivity contribution in [2.45, 2.75) is 31.3 Å². The van der Waals surface area contributed by atoms with E-state index in [4.69, 9.17) is 16.3 Å². The van der Waals surface area contributed by atoms with Crippen molar-refractivity contribution in [2.75, 3.05) is 13.2 Å². The van der Waals surface area contributed by atoms with E-state index in [1.54, 1.807) is 17.0 Å². The van der Waals surface area contributed by atoms with E-state index in [1.807, 2.05) is 36.4 Å². The van der Waals surface area contributed by atoms with E-state index in [2.05, 4.69) is 29.6 Å². The van der Waals surface area contributed by atoms with Crippen molar-refractivity contribution in [3.63, 3.8) is 0 Å². The van der Waals surface area contributed by atoms with Gasteiger partial charge in [0.25, 0.3) is 0 Å². The van der Waals surface area contributed by atoms with E-state index in [9.17, 15) is 9.59 Å². The van der Waals surface area contributed by atoms with Gasteiger partial charge in [-0.1, -0.05) is 72.3 Å². The molecule has 3 aromatic carbocycles. The molecule has 0 radical (unpaired) electrons. The second kappa shape index (κ2) is 9.28. The van der Waals surface area contributed by atoms with Gasteiger partial charge in [0.05, 0.1) is 0 Å². The van der Waals surface area contributed by atoms with E-state index >= 15 is 0 Å². The highest BCUT2D eigenvalue weighted by Crippen LogP contribution is 2.44. The molecule has 0 bridgehead atoms. The first kappa shape index (κ1) is 21.5. The number of amides is 2. The molecule has 1 fully saturated rings. The Labute approximate surface area is 198 Å². The van der Waals surface area contributed by atoms with Gasteiger partial charge in [-0.2, -0.15) is 0 Å². The van der Waals surface area contributed by atoms with Gasteiger partial charge >= 0.3 is 6.09 Å². The lowest BCUT2D eigenvalue weighted by Gasteiger charge is -2.24. The van der Waals surface area contributed by atoms with Gasteiger partial charge in [0.15, 0.2) is 0 Å². The number of benzene rings is 3. The average Bonchev–Trinajstić information content (AvgIpc) is 3.46. The molecule has 1 N–H and O–H groups in total. The summed E-state index contributed by atoms with van der Waals surface area (Å²) in [7, 11) is 0. The van der Waals surface area contributed by atoms with Gasteiger partial charge in [-0.25, -0.2) is 4.79 Å². The molecule has 5 nitrogen and oxygen atoms in total. The highest BCUT2D eigenvalue weighted by molar-refractivity contribution is 6.30. The summed E-state index contributed by atoms with van der Waals surface area (Å²) >= 11 is 5.92. The molecule has 3 aromatic rings. The van der Waals surface area contributed by atoms with E-state index in [0.29, 0.717) is 24.5 Å². The number of fused-ring (bicyclic) bond motifs is 3. The lowest BCUT2D eigenvalue weighted by molar-refractivity contribution is -0.125. The van der Waals surface area contributed by atoms with Crippen LogP contribution in [0.2, 0.25) is 5.02 Å². The average molecular weight is 461 g/mol. The molecule has 1 heterocycles. The number of rotatable bonds is 5.